The second-order valence-electron chi connectivity index (χ2n) is 13.0. The quantitative estimate of drug-likeness (QED) is 0.183. The van der Waals surface area contributed by atoms with Crippen LogP contribution in [0.5, 0.6) is 0 Å². The molecule has 51 heavy (non-hydrogen) atoms. The van der Waals surface area contributed by atoms with Crippen LogP contribution < -0.4 is 4.90 Å². The number of aromatic nitrogens is 2. The summed E-state index contributed by atoms with van der Waals surface area (Å²) in [6, 6.07) is 33.2. The van der Waals surface area contributed by atoms with Crippen molar-refractivity contribution in [3.05, 3.63) is 193 Å². The molecule has 0 fully saturated rings. The normalized spacial score (nSPS) is 17.6. The fourth-order valence-corrected chi connectivity index (χ4v) is 8.21. The van der Waals surface area contributed by atoms with E-state index in [4.69, 9.17) is 9.60 Å². The summed E-state index contributed by atoms with van der Waals surface area (Å²) in [5.74, 6) is -0.132. The molecule has 1 unspecified atom stereocenters. The van der Waals surface area contributed by atoms with Gasteiger partial charge in [-0.2, -0.15) is 0 Å². The van der Waals surface area contributed by atoms with E-state index >= 15 is 0 Å². The first-order chi connectivity index (χ1) is 29.1. The molecule has 11 rings (SSSR count). The Morgan fingerprint density at radius 3 is 1.86 bits per heavy atom. The summed E-state index contributed by atoms with van der Waals surface area (Å²) < 4.78 is 83.6. The fraction of sp³-hybridized carbons (Fsp3) is 0.0417. The lowest BCUT2D eigenvalue weighted by molar-refractivity contribution is 0.819. The number of hydrogen-bond acceptors (Lipinski definition) is 1. The van der Waals surface area contributed by atoms with E-state index in [1.807, 2.05) is 29.2 Å². The lowest BCUT2D eigenvalue weighted by atomic mass is 9.92. The van der Waals surface area contributed by atoms with E-state index in [-0.39, 0.29) is 34.8 Å². The highest BCUT2D eigenvalue weighted by Gasteiger charge is 2.35. The van der Waals surface area contributed by atoms with E-state index < -0.39 is 42.3 Å². The molecule has 3 heteroatoms. The molecule has 1 aliphatic carbocycles. The maximum Gasteiger partial charge on any atom is 0.0651 e. The van der Waals surface area contributed by atoms with Gasteiger partial charge in [0, 0.05) is 50.2 Å². The van der Waals surface area contributed by atoms with Crippen molar-refractivity contribution < 1.29 is 12.3 Å². The number of anilines is 2. The monoisotopic (exact) mass is 660 g/mol. The number of hydrogen-bond donors (Lipinski definition) is 0. The molecule has 0 saturated carbocycles. The molecule has 1 atom stereocenters. The number of rotatable bonds is 4. The third-order valence-corrected chi connectivity index (χ3v) is 10.4. The Bertz CT molecular complexity index is 3350. The highest BCUT2D eigenvalue weighted by molar-refractivity contribution is 6.12. The molecule has 2 aliphatic rings. The predicted molar refractivity (Wildman–Crippen MR) is 214 cm³/mol. The molecule has 0 radical (unpaired) electrons. The molecule has 0 spiro atoms. The van der Waals surface area contributed by atoms with Crippen LogP contribution in [0.4, 0.5) is 11.4 Å². The van der Waals surface area contributed by atoms with Gasteiger partial charge in [0.2, 0.25) is 0 Å². The largest absolute Gasteiger partial charge is 0.313 e. The highest BCUT2D eigenvalue weighted by Crippen LogP contribution is 2.52. The SMILES string of the molecule is [2H]c1c([2H])c([2H])c(-c2c([2H])c([2H])c([2H])c(N3C4=CC=CCC4c4ccc(-n5c6ccccc6c6ccc(-n7c8ccccc8c8ccccc87)cc65)cc43)c2[2H])c([2H])c1[2H]. The predicted octanol–water partition coefficient (Wildman–Crippen LogP) is 12.6. The molecule has 0 saturated heterocycles. The topological polar surface area (TPSA) is 13.1 Å². The van der Waals surface area contributed by atoms with Crippen molar-refractivity contribution in [3.8, 4) is 22.5 Å². The summed E-state index contributed by atoms with van der Waals surface area (Å²) in [5, 5.41) is 4.49. The molecule has 3 heterocycles. The van der Waals surface area contributed by atoms with E-state index in [0.29, 0.717) is 12.1 Å². The Balaban J connectivity index is 1.16. The molecule has 7 aromatic carbocycles. The van der Waals surface area contributed by atoms with Crippen molar-refractivity contribution in [2.45, 2.75) is 12.3 Å². The van der Waals surface area contributed by atoms with Crippen molar-refractivity contribution in [1.29, 1.82) is 0 Å². The minimum absolute atomic E-state index is 0.0103. The molecule has 3 nitrogen and oxygen atoms in total. The molecule has 2 aromatic heterocycles. The van der Waals surface area contributed by atoms with Crippen LogP contribution in [0.25, 0.3) is 66.1 Å². The van der Waals surface area contributed by atoms with Crippen LogP contribution in [0, 0.1) is 0 Å². The lowest BCUT2D eigenvalue weighted by Gasteiger charge is -2.25. The summed E-state index contributed by atoms with van der Waals surface area (Å²) in [7, 11) is 0. The number of fused-ring (bicyclic) bond motifs is 9. The van der Waals surface area contributed by atoms with Crippen molar-refractivity contribution in [1.82, 2.24) is 9.13 Å². The Kier molecular flexibility index (Phi) is 4.48. The third kappa shape index (κ3) is 4.18. The van der Waals surface area contributed by atoms with Gasteiger partial charge in [-0.05, 0) is 83.7 Å². The minimum atomic E-state index is -0.600. The second-order valence-corrected chi connectivity index (χ2v) is 13.0. The van der Waals surface area contributed by atoms with Crippen LogP contribution in [0.2, 0.25) is 0 Å². The molecule has 1 aliphatic heterocycles. The standard InChI is InChI=1S/C48H33N3/c1-2-13-32(14-3-1)33-15-12-16-34(29-33)50-45-23-10-6-19-39(45)41-28-26-36(31-47(41)50)51-46-24-11-7-20-40(46)42-27-25-35(30-48(42)51)49-43-21-8-4-17-37(43)38-18-5-9-22-44(38)49/h1-18,20-31,39H,19H2/i1D,2D,3D,12D,13D,14D,15D,16D,29D. The van der Waals surface area contributed by atoms with Gasteiger partial charge >= 0.3 is 0 Å². The van der Waals surface area contributed by atoms with Crippen LogP contribution in [0.1, 0.15) is 30.2 Å². The molecule has 0 bridgehead atoms. The van der Waals surface area contributed by atoms with Gasteiger partial charge in [0.1, 0.15) is 0 Å². The van der Waals surface area contributed by atoms with E-state index in [2.05, 4.69) is 112 Å². The molecule has 0 N–H and O–H groups in total. The van der Waals surface area contributed by atoms with Gasteiger partial charge in [-0.15, -0.1) is 0 Å². The van der Waals surface area contributed by atoms with Crippen LogP contribution in [0.15, 0.2) is 188 Å². The van der Waals surface area contributed by atoms with E-state index in [0.717, 1.165) is 55.5 Å². The number of para-hydroxylation sites is 3. The maximum absolute atomic E-state index is 9.62. The van der Waals surface area contributed by atoms with E-state index in [9.17, 15) is 2.74 Å². The van der Waals surface area contributed by atoms with Gasteiger partial charge in [0.05, 0.1) is 40.1 Å². The highest BCUT2D eigenvalue weighted by atomic mass is 15.2. The average molecular weight is 661 g/mol. The van der Waals surface area contributed by atoms with Gasteiger partial charge in [-0.25, -0.2) is 0 Å². The van der Waals surface area contributed by atoms with Crippen LogP contribution in [-0.4, -0.2) is 9.13 Å². The van der Waals surface area contributed by atoms with Crippen molar-refractivity contribution in [2.75, 3.05) is 4.90 Å². The first kappa shape index (κ1) is 20.8. The number of benzene rings is 7. The molecular formula is C48H33N3. The number of allylic oxidation sites excluding steroid dienone is 4. The van der Waals surface area contributed by atoms with Gasteiger partial charge < -0.3 is 14.0 Å². The van der Waals surface area contributed by atoms with E-state index in [1.54, 1.807) is 0 Å². The molecule has 9 aromatic rings. The average Bonchev–Trinajstić information content (AvgIpc) is 3.91. The van der Waals surface area contributed by atoms with Gasteiger partial charge in [-0.3, -0.25) is 0 Å². The Morgan fingerprint density at radius 1 is 0.529 bits per heavy atom. The summed E-state index contributed by atoms with van der Waals surface area (Å²) in [4.78, 5) is 1.81. The summed E-state index contributed by atoms with van der Waals surface area (Å²) in [5.41, 5.74) is 7.86. The van der Waals surface area contributed by atoms with Gasteiger partial charge in [0.25, 0.3) is 0 Å². The van der Waals surface area contributed by atoms with Crippen molar-refractivity contribution in [2.24, 2.45) is 0 Å². The first-order valence-electron chi connectivity index (χ1n) is 21.6. The second kappa shape index (κ2) is 11.0. The molecular weight excluding hydrogens is 619 g/mol. The zero-order valence-electron chi connectivity index (χ0n) is 36.3. The Labute approximate surface area is 308 Å². The lowest BCUT2D eigenvalue weighted by Crippen LogP contribution is -2.14. The molecule has 0 amide bonds. The first-order valence-corrected chi connectivity index (χ1v) is 17.1. The Hall–Kier alpha value is -6.58. The summed E-state index contributed by atoms with van der Waals surface area (Å²) >= 11 is 0. The van der Waals surface area contributed by atoms with Crippen molar-refractivity contribution >= 4 is 55.0 Å². The summed E-state index contributed by atoms with van der Waals surface area (Å²) in [6.07, 6.45) is 6.60. The minimum Gasteiger partial charge on any atom is -0.313 e. The van der Waals surface area contributed by atoms with Crippen LogP contribution >= 0.6 is 0 Å². The summed E-state index contributed by atoms with van der Waals surface area (Å²) in [6.45, 7) is 0. The third-order valence-electron chi connectivity index (χ3n) is 10.4. The maximum atomic E-state index is 9.62. The van der Waals surface area contributed by atoms with E-state index in [1.165, 1.54) is 10.8 Å². The Morgan fingerprint density at radius 2 is 1.14 bits per heavy atom. The van der Waals surface area contributed by atoms with Crippen molar-refractivity contribution in [3.63, 3.8) is 0 Å². The molecule has 240 valence electrons. The van der Waals surface area contributed by atoms with Gasteiger partial charge in [0.15, 0.2) is 0 Å². The zero-order chi connectivity index (χ0) is 41.3. The zero-order valence-corrected chi connectivity index (χ0v) is 27.3. The van der Waals surface area contributed by atoms with Crippen LogP contribution in [-0.2, 0) is 0 Å². The fourth-order valence-electron chi connectivity index (χ4n) is 8.21. The van der Waals surface area contributed by atoms with Crippen LogP contribution in [0.3, 0.4) is 0 Å². The smallest absolute Gasteiger partial charge is 0.0651 e. The van der Waals surface area contributed by atoms with Gasteiger partial charge in [-0.1, -0.05) is 121 Å². The number of nitrogens with zero attached hydrogens (tertiary/aromatic N) is 3.